The van der Waals surface area contributed by atoms with Crippen LogP contribution in [0.1, 0.15) is 24.6 Å². The van der Waals surface area contributed by atoms with Gasteiger partial charge in [-0.1, -0.05) is 19.1 Å². The van der Waals surface area contributed by atoms with Crippen molar-refractivity contribution in [2.24, 2.45) is 12.8 Å². The number of rotatable bonds is 4. The van der Waals surface area contributed by atoms with E-state index in [2.05, 4.69) is 5.10 Å². The van der Waals surface area contributed by atoms with Crippen LogP contribution in [0.5, 0.6) is 0 Å². The van der Waals surface area contributed by atoms with Gasteiger partial charge in [-0.15, -0.1) is 0 Å². The van der Waals surface area contributed by atoms with E-state index in [1.165, 1.54) is 12.1 Å². The molecule has 1 atom stereocenters. The number of aromatic nitrogens is 2. The number of nitrogens with zero attached hydrogens (tertiary/aromatic N) is 2. The molecule has 0 spiro atoms. The summed E-state index contributed by atoms with van der Waals surface area (Å²) < 4.78 is 15.0. The molecule has 2 aromatic rings. The zero-order valence-corrected chi connectivity index (χ0v) is 10.7. The molecule has 2 rings (SSSR count). The van der Waals surface area contributed by atoms with Gasteiger partial charge in [0.2, 0.25) is 0 Å². The molecule has 0 aliphatic rings. The van der Waals surface area contributed by atoms with Gasteiger partial charge < -0.3 is 5.73 Å². The lowest BCUT2D eigenvalue weighted by atomic mass is 9.84. The molecular formula is C14H18FN3. The molecule has 1 aromatic carbocycles. The number of aryl methyl sites for hydroxylation is 1. The molecule has 0 aliphatic carbocycles. The molecule has 1 aromatic heterocycles. The van der Waals surface area contributed by atoms with E-state index in [0.717, 1.165) is 17.7 Å². The monoisotopic (exact) mass is 247 g/mol. The van der Waals surface area contributed by atoms with Gasteiger partial charge in [0.1, 0.15) is 5.82 Å². The average molecular weight is 247 g/mol. The summed E-state index contributed by atoms with van der Waals surface area (Å²) in [6.45, 7) is 2.01. The minimum atomic E-state index is -0.573. The van der Waals surface area contributed by atoms with E-state index >= 15 is 0 Å². The number of hydrogen-bond donors (Lipinski definition) is 1. The van der Waals surface area contributed by atoms with Gasteiger partial charge in [-0.2, -0.15) is 5.10 Å². The molecular weight excluding hydrogens is 229 g/mol. The van der Waals surface area contributed by atoms with Gasteiger partial charge >= 0.3 is 0 Å². The Hall–Kier alpha value is -1.68. The van der Waals surface area contributed by atoms with Crippen LogP contribution in [0.2, 0.25) is 0 Å². The maximum Gasteiger partial charge on any atom is 0.123 e. The summed E-state index contributed by atoms with van der Waals surface area (Å²) in [6.07, 6.45) is 3.22. The predicted molar refractivity (Wildman–Crippen MR) is 69.5 cm³/mol. The molecule has 0 aliphatic heterocycles. The fourth-order valence-electron chi connectivity index (χ4n) is 2.11. The summed E-state index contributed by atoms with van der Waals surface area (Å²) in [5.74, 6) is -0.253. The Balaban J connectivity index is 2.30. The van der Waals surface area contributed by atoms with Crippen molar-refractivity contribution >= 4 is 0 Å². The first kappa shape index (κ1) is 12.8. The molecule has 0 bridgehead atoms. The molecule has 0 radical (unpaired) electrons. The third-order valence-electron chi connectivity index (χ3n) is 3.30. The first-order chi connectivity index (χ1) is 8.53. The lowest BCUT2D eigenvalue weighted by Crippen LogP contribution is -2.38. The first-order valence-electron chi connectivity index (χ1n) is 6.07. The Morgan fingerprint density at radius 2 is 2.17 bits per heavy atom. The van der Waals surface area contributed by atoms with Crippen LogP contribution < -0.4 is 5.73 Å². The van der Waals surface area contributed by atoms with E-state index in [1.807, 2.05) is 32.3 Å². The van der Waals surface area contributed by atoms with Gasteiger partial charge in [-0.3, -0.25) is 4.68 Å². The van der Waals surface area contributed by atoms with Crippen LogP contribution in [-0.4, -0.2) is 9.78 Å². The van der Waals surface area contributed by atoms with Gasteiger partial charge in [0.25, 0.3) is 0 Å². The van der Waals surface area contributed by atoms with Crippen molar-refractivity contribution in [1.82, 2.24) is 9.78 Å². The standard InChI is InChI=1S/C14H18FN3/c1-3-14(16,10-13-7-8-18(2)17-13)11-5-4-6-12(15)9-11/h4-9H,3,10,16H2,1-2H3. The van der Waals surface area contributed by atoms with Crippen LogP contribution in [0.25, 0.3) is 0 Å². The van der Waals surface area contributed by atoms with Crippen molar-refractivity contribution < 1.29 is 4.39 Å². The summed E-state index contributed by atoms with van der Waals surface area (Å²) in [5, 5.41) is 4.33. The highest BCUT2D eigenvalue weighted by Gasteiger charge is 2.27. The molecule has 2 N–H and O–H groups in total. The van der Waals surface area contributed by atoms with Gasteiger partial charge in [0, 0.05) is 25.2 Å². The van der Waals surface area contributed by atoms with Gasteiger partial charge in [0.15, 0.2) is 0 Å². The quantitative estimate of drug-likeness (QED) is 0.901. The summed E-state index contributed by atoms with van der Waals surface area (Å²) >= 11 is 0. The molecule has 1 heterocycles. The molecule has 0 fully saturated rings. The fraction of sp³-hybridized carbons (Fsp3) is 0.357. The number of halogens is 1. The Kier molecular flexibility index (Phi) is 3.48. The van der Waals surface area contributed by atoms with Crippen molar-refractivity contribution in [2.45, 2.75) is 25.3 Å². The molecule has 96 valence electrons. The highest BCUT2D eigenvalue weighted by Crippen LogP contribution is 2.26. The molecule has 0 saturated heterocycles. The van der Waals surface area contributed by atoms with Crippen LogP contribution in [0.3, 0.4) is 0 Å². The van der Waals surface area contributed by atoms with Gasteiger partial charge in [-0.25, -0.2) is 4.39 Å². The second-order valence-electron chi connectivity index (χ2n) is 4.68. The minimum Gasteiger partial charge on any atom is -0.321 e. The largest absolute Gasteiger partial charge is 0.321 e. The van der Waals surface area contributed by atoms with Crippen molar-refractivity contribution in [2.75, 3.05) is 0 Å². The highest BCUT2D eigenvalue weighted by molar-refractivity contribution is 5.26. The second kappa shape index (κ2) is 4.90. The van der Waals surface area contributed by atoms with Crippen LogP contribution in [-0.2, 0) is 19.0 Å². The molecule has 0 amide bonds. The SMILES string of the molecule is CCC(N)(Cc1ccn(C)n1)c1cccc(F)c1. The molecule has 3 nitrogen and oxygen atoms in total. The van der Waals surface area contributed by atoms with Crippen molar-refractivity contribution in [3.8, 4) is 0 Å². The summed E-state index contributed by atoms with van der Waals surface area (Å²) in [7, 11) is 1.87. The maximum absolute atomic E-state index is 13.3. The predicted octanol–water partition coefficient (Wildman–Crippen LogP) is 2.37. The Morgan fingerprint density at radius 1 is 1.39 bits per heavy atom. The Morgan fingerprint density at radius 3 is 2.72 bits per heavy atom. The lowest BCUT2D eigenvalue weighted by molar-refractivity contribution is 0.416. The highest BCUT2D eigenvalue weighted by atomic mass is 19.1. The number of nitrogens with two attached hydrogens (primary N) is 1. The second-order valence-corrected chi connectivity index (χ2v) is 4.68. The van der Waals surface area contributed by atoms with Crippen molar-refractivity contribution in [1.29, 1.82) is 0 Å². The van der Waals surface area contributed by atoms with E-state index in [0.29, 0.717) is 6.42 Å². The van der Waals surface area contributed by atoms with E-state index in [9.17, 15) is 4.39 Å². The van der Waals surface area contributed by atoms with Gasteiger partial charge in [-0.05, 0) is 30.2 Å². The normalized spacial score (nSPS) is 14.4. The summed E-state index contributed by atoms with van der Waals surface area (Å²) in [4.78, 5) is 0. The van der Waals surface area contributed by atoms with Crippen molar-refractivity contribution in [3.63, 3.8) is 0 Å². The Bertz CT molecular complexity index is 535. The molecule has 1 unspecified atom stereocenters. The third kappa shape index (κ3) is 2.59. The van der Waals surface area contributed by atoms with Crippen molar-refractivity contribution in [3.05, 3.63) is 53.6 Å². The van der Waals surface area contributed by atoms with E-state index in [1.54, 1.807) is 10.7 Å². The molecule has 0 saturated carbocycles. The lowest BCUT2D eigenvalue weighted by Gasteiger charge is -2.28. The van der Waals surface area contributed by atoms with E-state index < -0.39 is 5.54 Å². The minimum absolute atomic E-state index is 0.253. The smallest absolute Gasteiger partial charge is 0.123 e. The topological polar surface area (TPSA) is 43.8 Å². The first-order valence-corrected chi connectivity index (χ1v) is 6.07. The number of hydrogen-bond acceptors (Lipinski definition) is 2. The maximum atomic E-state index is 13.3. The van der Waals surface area contributed by atoms with Gasteiger partial charge in [0.05, 0.1) is 5.69 Å². The average Bonchev–Trinajstić information content (AvgIpc) is 2.74. The third-order valence-corrected chi connectivity index (χ3v) is 3.30. The zero-order chi connectivity index (χ0) is 13.2. The van der Waals surface area contributed by atoms with Crippen LogP contribution in [0.15, 0.2) is 36.5 Å². The summed E-state index contributed by atoms with van der Waals surface area (Å²) in [6, 6.07) is 8.44. The fourth-order valence-corrected chi connectivity index (χ4v) is 2.11. The van der Waals surface area contributed by atoms with E-state index in [4.69, 9.17) is 5.73 Å². The number of benzene rings is 1. The Labute approximate surface area is 106 Å². The zero-order valence-electron chi connectivity index (χ0n) is 10.7. The molecule has 18 heavy (non-hydrogen) atoms. The van der Waals surface area contributed by atoms with E-state index in [-0.39, 0.29) is 5.82 Å². The summed E-state index contributed by atoms with van der Waals surface area (Å²) in [5.41, 5.74) is 7.58. The van der Waals surface area contributed by atoms with Crippen LogP contribution in [0.4, 0.5) is 4.39 Å². The van der Waals surface area contributed by atoms with Crippen LogP contribution in [0, 0.1) is 5.82 Å². The van der Waals surface area contributed by atoms with Crippen LogP contribution >= 0.6 is 0 Å². The molecule has 4 heteroatoms.